The Morgan fingerprint density at radius 3 is 1.83 bits per heavy atom. The monoisotopic (exact) mass is 193 g/mol. The first kappa shape index (κ1) is 11.9. The molecule has 0 amide bonds. The first-order chi connectivity index (χ1) is 5.24. The normalized spacial score (nSPS) is 17.8. The van der Waals surface area contributed by atoms with E-state index < -0.39 is 10.0 Å². The summed E-state index contributed by atoms with van der Waals surface area (Å²) < 4.78 is 21.5. The van der Waals surface area contributed by atoms with Gasteiger partial charge in [0, 0.05) is 0 Å². The molecule has 0 saturated heterocycles. The Balaban J connectivity index is 4.14. The van der Waals surface area contributed by atoms with E-state index in [4.69, 9.17) is 5.14 Å². The Labute approximate surface area is 75.4 Å². The first-order valence-electron chi connectivity index (χ1n) is 4.24. The minimum absolute atomic E-state index is 0.0896. The van der Waals surface area contributed by atoms with Crippen LogP contribution in [0.4, 0.5) is 0 Å². The molecule has 0 rings (SSSR count). The second-order valence-corrected chi connectivity index (χ2v) is 5.57. The van der Waals surface area contributed by atoms with Gasteiger partial charge in [-0.15, -0.1) is 0 Å². The summed E-state index contributed by atoms with van der Waals surface area (Å²) in [6.07, 6.45) is 0. The largest absolute Gasteiger partial charge is 0.229 e. The number of hydrogen-bond acceptors (Lipinski definition) is 2. The summed E-state index contributed by atoms with van der Waals surface area (Å²) in [7, 11) is -3.30. The van der Waals surface area contributed by atoms with Crippen LogP contribution in [0.2, 0.25) is 0 Å². The molecule has 0 fully saturated rings. The Morgan fingerprint density at radius 2 is 1.58 bits per heavy atom. The van der Waals surface area contributed by atoms with Crippen molar-refractivity contribution in [3.8, 4) is 0 Å². The lowest BCUT2D eigenvalue weighted by molar-refractivity contribution is 0.317. The van der Waals surface area contributed by atoms with Gasteiger partial charge in [-0.05, 0) is 17.8 Å². The zero-order chi connectivity index (χ0) is 9.94. The highest BCUT2D eigenvalue weighted by Gasteiger charge is 2.19. The Kier molecular flexibility index (Phi) is 4.20. The molecule has 0 aromatic carbocycles. The molecule has 0 aromatic heterocycles. The minimum Gasteiger partial charge on any atom is -0.229 e. The summed E-state index contributed by atoms with van der Waals surface area (Å²) >= 11 is 0. The summed E-state index contributed by atoms with van der Waals surface area (Å²) in [4.78, 5) is 0. The van der Waals surface area contributed by atoms with Crippen molar-refractivity contribution in [3.63, 3.8) is 0 Å². The molecule has 2 N–H and O–H groups in total. The van der Waals surface area contributed by atoms with Crippen molar-refractivity contribution in [3.05, 3.63) is 0 Å². The summed E-state index contributed by atoms with van der Waals surface area (Å²) in [5.41, 5.74) is 0. The van der Waals surface area contributed by atoms with Gasteiger partial charge in [0.05, 0.1) is 5.75 Å². The lowest BCUT2D eigenvalue weighted by Gasteiger charge is -2.22. The van der Waals surface area contributed by atoms with Gasteiger partial charge in [0.2, 0.25) is 10.0 Å². The van der Waals surface area contributed by atoms with Gasteiger partial charge in [-0.3, -0.25) is 0 Å². The molecule has 3 nitrogen and oxygen atoms in total. The van der Waals surface area contributed by atoms with Gasteiger partial charge in [-0.2, -0.15) is 0 Å². The van der Waals surface area contributed by atoms with Gasteiger partial charge in [0.1, 0.15) is 0 Å². The van der Waals surface area contributed by atoms with E-state index in [1.54, 1.807) is 0 Å². The summed E-state index contributed by atoms with van der Waals surface area (Å²) in [6, 6.07) is 0. The SMILES string of the molecule is CC(C)C(C)C(C)CS(N)(=O)=O. The number of nitrogens with two attached hydrogens (primary N) is 1. The molecule has 74 valence electrons. The highest BCUT2D eigenvalue weighted by atomic mass is 32.2. The van der Waals surface area contributed by atoms with E-state index in [1.165, 1.54) is 0 Å². The van der Waals surface area contributed by atoms with Crippen LogP contribution in [0, 0.1) is 17.8 Å². The number of rotatable bonds is 4. The van der Waals surface area contributed by atoms with E-state index in [0.29, 0.717) is 11.8 Å². The molecule has 0 saturated carbocycles. The van der Waals surface area contributed by atoms with E-state index in [0.717, 1.165) is 0 Å². The molecule has 0 aromatic rings. The third kappa shape index (κ3) is 4.72. The van der Waals surface area contributed by atoms with Gasteiger partial charge in [-0.1, -0.05) is 27.7 Å². The van der Waals surface area contributed by atoms with E-state index in [2.05, 4.69) is 20.8 Å². The molecule has 12 heavy (non-hydrogen) atoms. The molecule has 0 bridgehead atoms. The summed E-state index contributed by atoms with van der Waals surface area (Å²) in [5.74, 6) is 1.12. The maximum Gasteiger partial charge on any atom is 0.209 e. The van der Waals surface area contributed by atoms with E-state index in [9.17, 15) is 8.42 Å². The molecule has 0 radical (unpaired) electrons. The van der Waals surface area contributed by atoms with Gasteiger partial charge < -0.3 is 0 Å². The second-order valence-electron chi connectivity index (χ2n) is 3.91. The maximum atomic E-state index is 10.7. The van der Waals surface area contributed by atoms with Crippen LogP contribution in [0.5, 0.6) is 0 Å². The highest BCUT2D eigenvalue weighted by Crippen LogP contribution is 2.20. The van der Waals surface area contributed by atoms with Crippen molar-refractivity contribution in [1.29, 1.82) is 0 Å². The quantitative estimate of drug-likeness (QED) is 0.729. The van der Waals surface area contributed by atoms with Crippen LogP contribution in [0.1, 0.15) is 27.7 Å². The molecule has 0 aliphatic carbocycles. The number of primary sulfonamides is 1. The van der Waals surface area contributed by atoms with Crippen molar-refractivity contribution in [1.82, 2.24) is 0 Å². The van der Waals surface area contributed by atoms with Gasteiger partial charge in [0.15, 0.2) is 0 Å². The number of hydrogen-bond donors (Lipinski definition) is 1. The first-order valence-corrected chi connectivity index (χ1v) is 5.96. The maximum absolute atomic E-state index is 10.7. The molecule has 0 aliphatic rings. The van der Waals surface area contributed by atoms with Crippen LogP contribution in [0.3, 0.4) is 0 Å². The van der Waals surface area contributed by atoms with Crippen LogP contribution in [0.15, 0.2) is 0 Å². The van der Waals surface area contributed by atoms with Crippen molar-refractivity contribution in [2.24, 2.45) is 22.9 Å². The lowest BCUT2D eigenvalue weighted by Crippen LogP contribution is -2.27. The summed E-state index contributed by atoms with van der Waals surface area (Å²) in [6.45, 7) is 8.16. The van der Waals surface area contributed by atoms with Gasteiger partial charge in [-0.25, -0.2) is 13.6 Å². The molecule has 0 heterocycles. The molecular weight excluding hydrogens is 174 g/mol. The topological polar surface area (TPSA) is 60.2 Å². The fourth-order valence-corrected chi connectivity index (χ4v) is 2.21. The molecule has 4 heteroatoms. The fraction of sp³-hybridized carbons (Fsp3) is 1.00. The van der Waals surface area contributed by atoms with Crippen LogP contribution in [0.25, 0.3) is 0 Å². The molecule has 2 atom stereocenters. The van der Waals surface area contributed by atoms with Gasteiger partial charge in [0.25, 0.3) is 0 Å². The van der Waals surface area contributed by atoms with Crippen LogP contribution in [-0.4, -0.2) is 14.2 Å². The third-order valence-electron chi connectivity index (χ3n) is 2.44. The second kappa shape index (κ2) is 4.23. The van der Waals surface area contributed by atoms with Crippen LogP contribution in [-0.2, 0) is 10.0 Å². The average Bonchev–Trinajstić information content (AvgIpc) is 1.82. The van der Waals surface area contributed by atoms with Crippen LogP contribution >= 0.6 is 0 Å². The molecular formula is C8H19NO2S. The fourth-order valence-electron chi connectivity index (χ4n) is 1.18. The molecule has 0 aliphatic heterocycles. The van der Waals surface area contributed by atoms with E-state index >= 15 is 0 Å². The lowest BCUT2D eigenvalue weighted by atomic mass is 9.87. The molecule has 0 spiro atoms. The van der Waals surface area contributed by atoms with E-state index in [1.807, 2.05) is 6.92 Å². The van der Waals surface area contributed by atoms with E-state index in [-0.39, 0.29) is 11.7 Å². The van der Waals surface area contributed by atoms with Crippen molar-refractivity contribution < 1.29 is 8.42 Å². The standard InChI is InChI=1S/C8H19NO2S/c1-6(2)8(4)7(3)5-12(9,10)11/h6-8H,5H2,1-4H3,(H2,9,10,11). The minimum atomic E-state index is -3.30. The third-order valence-corrected chi connectivity index (χ3v) is 3.43. The predicted molar refractivity (Wildman–Crippen MR) is 51.1 cm³/mol. The van der Waals surface area contributed by atoms with Crippen molar-refractivity contribution >= 4 is 10.0 Å². The van der Waals surface area contributed by atoms with Crippen LogP contribution < -0.4 is 5.14 Å². The summed E-state index contributed by atoms with van der Waals surface area (Å²) in [5, 5.41) is 4.95. The Hall–Kier alpha value is -0.0900. The zero-order valence-electron chi connectivity index (χ0n) is 8.24. The zero-order valence-corrected chi connectivity index (χ0v) is 9.06. The van der Waals surface area contributed by atoms with Gasteiger partial charge >= 0.3 is 0 Å². The molecule has 2 unspecified atom stereocenters. The Morgan fingerprint density at radius 1 is 1.17 bits per heavy atom. The van der Waals surface area contributed by atoms with Crippen molar-refractivity contribution in [2.75, 3.05) is 5.75 Å². The smallest absolute Gasteiger partial charge is 0.209 e. The average molecular weight is 193 g/mol. The predicted octanol–water partition coefficient (Wildman–Crippen LogP) is 1.20. The Bertz CT molecular complexity index is 221. The van der Waals surface area contributed by atoms with Crippen molar-refractivity contribution in [2.45, 2.75) is 27.7 Å². The highest BCUT2D eigenvalue weighted by molar-refractivity contribution is 7.89. The number of sulfonamides is 1.